The second-order valence-corrected chi connectivity index (χ2v) is 9.66. The van der Waals surface area contributed by atoms with Gasteiger partial charge in [-0.05, 0) is 32.0 Å². The number of aromatic amines is 1. The fraction of sp³-hybridized carbons (Fsp3) is 0.458. The number of carbonyl (C=O) groups is 1. The number of H-pyrrole nitrogens is 1. The molecule has 0 saturated carbocycles. The number of hydrogen-bond acceptors (Lipinski definition) is 9. The van der Waals surface area contributed by atoms with E-state index in [0.717, 1.165) is 44.2 Å². The lowest BCUT2D eigenvalue weighted by molar-refractivity contribution is 0.0786. The maximum absolute atomic E-state index is 14.2. The van der Waals surface area contributed by atoms with Crippen LogP contribution in [-0.2, 0) is 0 Å². The van der Waals surface area contributed by atoms with Crippen molar-refractivity contribution in [2.45, 2.75) is 26.3 Å². The van der Waals surface area contributed by atoms with Crippen LogP contribution in [0.2, 0.25) is 5.15 Å². The van der Waals surface area contributed by atoms with E-state index in [4.69, 9.17) is 16.6 Å². The van der Waals surface area contributed by atoms with Gasteiger partial charge in [0.2, 0.25) is 11.9 Å². The molecule has 3 aromatic heterocycles. The van der Waals surface area contributed by atoms with Crippen LogP contribution >= 0.6 is 11.6 Å². The Balaban J connectivity index is 1.31. The molecule has 3 N–H and O–H groups in total. The predicted molar refractivity (Wildman–Crippen MR) is 140 cm³/mol. The first-order chi connectivity index (χ1) is 17.9. The van der Waals surface area contributed by atoms with Gasteiger partial charge in [0.15, 0.2) is 5.82 Å². The van der Waals surface area contributed by atoms with Crippen molar-refractivity contribution in [2.24, 2.45) is 0 Å². The number of aromatic nitrogens is 5. The third kappa shape index (κ3) is 5.91. The normalized spacial score (nSPS) is 18.3. The Kier molecular flexibility index (Phi) is 7.38. The molecule has 0 spiro atoms. The summed E-state index contributed by atoms with van der Waals surface area (Å²) in [4.78, 5) is 32.1. The smallest absolute Gasteiger partial charge is 0.258 e. The van der Waals surface area contributed by atoms with Gasteiger partial charge in [0.1, 0.15) is 16.8 Å². The summed E-state index contributed by atoms with van der Waals surface area (Å²) in [6.07, 6.45) is 0.679. The van der Waals surface area contributed by atoms with Crippen LogP contribution in [0.1, 0.15) is 29.4 Å². The average Bonchev–Trinajstić information content (AvgIpc) is 3.52. The number of likely N-dealkylation sites (N-methyl/N-ethyl adjacent to an activating group) is 1. The van der Waals surface area contributed by atoms with Crippen LogP contribution in [0.3, 0.4) is 0 Å². The van der Waals surface area contributed by atoms with Crippen molar-refractivity contribution < 1.29 is 9.18 Å². The van der Waals surface area contributed by atoms with Gasteiger partial charge < -0.3 is 25.3 Å². The van der Waals surface area contributed by atoms with E-state index in [9.17, 15) is 9.18 Å². The molecule has 2 saturated heterocycles. The number of halogens is 2. The molecule has 0 aromatic carbocycles. The Morgan fingerprint density at radius 1 is 1.14 bits per heavy atom. The summed E-state index contributed by atoms with van der Waals surface area (Å²) in [5.41, 5.74) is 0.851. The minimum absolute atomic E-state index is 0.0116. The molecule has 2 fully saturated rings. The molecule has 0 bridgehead atoms. The molecule has 0 aliphatic carbocycles. The molecule has 3 aromatic rings. The van der Waals surface area contributed by atoms with Crippen LogP contribution in [-0.4, -0.2) is 92.7 Å². The number of carbonyl (C=O) groups excluding carboxylic acids is 1. The van der Waals surface area contributed by atoms with Crippen LogP contribution < -0.4 is 15.5 Å². The molecule has 11 nitrogen and oxygen atoms in total. The standard InChI is InChI=1S/C24H30ClFN10O/c1-3-34-8-10-35(11-9-34)21-13-19(29-20-12-15(2)32-33-20)30-24(31-21)27-16-6-7-36(14-16)23(37)17-4-5-18(25)28-22(17)26/h4-5,12-13,16H,3,6-11,14H2,1-2H3,(H3,27,29,30,31,32,33)/t16-/m0/s1. The molecule has 196 valence electrons. The quantitative estimate of drug-likeness (QED) is 0.398. The predicted octanol–water partition coefficient (Wildman–Crippen LogP) is 2.91. The minimum atomic E-state index is -0.863. The maximum atomic E-state index is 14.2. The summed E-state index contributed by atoms with van der Waals surface area (Å²) in [6.45, 7) is 9.70. The molecule has 0 radical (unpaired) electrons. The number of pyridine rings is 1. The topological polar surface area (TPSA) is 118 Å². The Bertz CT molecular complexity index is 1260. The number of piperazine rings is 1. The second kappa shape index (κ2) is 10.9. The van der Waals surface area contributed by atoms with E-state index in [2.05, 4.69) is 47.5 Å². The van der Waals surface area contributed by atoms with E-state index in [1.54, 1.807) is 4.90 Å². The Labute approximate surface area is 219 Å². The molecule has 2 aliphatic heterocycles. The fourth-order valence-electron chi connectivity index (χ4n) is 4.62. The number of nitrogens with zero attached hydrogens (tertiary/aromatic N) is 7. The van der Waals surface area contributed by atoms with Crippen molar-refractivity contribution in [1.29, 1.82) is 0 Å². The van der Waals surface area contributed by atoms with Crippen LogP contribution in [0.4, 0.5) is 27.8 Å². The van der Waals surface area contributed by atoms with Crippen molar-refractivity contribution >= 4 is 40.9 Å². The summed E-state index contributed by atoms with van der Waals surface area (Å²) in [5.74, 6) is 1.30. The van der Waals surface area contributed by atoms with E-state index in [1.807, 2.05) is 19.1 Å². The summed E-state index contributed by atoms with van der Waals surface area (Å²) in [7, 11) is 0. The number of likely N-dealkylation sites (tertiary alicyclic amines) is 1. The third-order valence-corrected chi connectivity index (χ3v) is 6.88. The number of rotatable bonds is 7. The SMILES string of the molecule is CCN1CCN(c2cc(Nc3cc(C)[nH]n3)nc(N[C@H]3CCN(C(=O)c4ccc(Cl)nc4F)C3)n2)CC1. The van der Waals surface area contributed by atoms with E-state index in [1.165, 1.54) is 12.1 Å². The molecule has 2 aliphatic rings. The highest BCUT2D eigenvalue weighted by Gasteiger charge is 2.29. The summed E-state index contributed by atoms with van der Waals surface area (Å²) >= 11 is 5.73. The molecule has 37 heavy (non-hydrogen) atoms. The van der Waals surface area contributed by atoms with Gasteiger partial charge in [0, 0.05) is 63.1 Å². The Morgan fingerprint density at radius 3 is 2.65 bits per heavy atom. The molecule has 13 heteroatoms. The molecular weight excluding hydrogens is 499 g/mol. The lowest BCUT2D eigenvalue weighted by Crippen LogP contribution is -2.46. The monoisotopic (exact) mass is 528 g/mol. The van der Waals surface area contributed by atoms with E-state index < -0.39 is 11.9 Å². The van der Waals surface area contributed by atoms with Crippen LogP contribution in [0.5, 0.6) is 0 Å². The number of hydrogen-bond donors (Lipinski definition) is 3. The van der Waals surface area contributed by atoms with Gasteiger partial charge in [0.25, 0.3) is 5.91 Å². The summed E-state index contributed by atoms with van der Waals surface area (Å²) in [6, 6.07) is 6.53. The molecule has 0 unspecified atom stereocenters. The van der Waals surface area contributed by atoms with Crippen molar-refractivity contribution in [2.75, 3.05) is 61.3 Å². The van der Waals surface area contributed by atoms with Gasteiger partial charge in [-0.1, -0.05) is 18.5 Å². The first-order valence-corrected chi connectivity index (χ1v) is 12.8. The molecule has 1 amide bonds. The second-order valence-electron chi connectivity index (χ2n) is 9.27. The minimum Gasteiger partial charge on any atom is -0.354 e. The van der Waals surface area contributed by atoms with Crippen molar-refractivity contribution in [3.05, 3.63) is 46.6 Å². The highest BCUT2D eigenvalue weighted by molar-refractivity contribution is 6.29. The zero-order valence-corrected chi connectivity index (χ0v) is 21.6. The number of anilines is 4. The van der Waals surface area contributed by atoms with Crippen molar-refractivity contribution in [1.82, 2.24) is 34.9 Å². The third-order valence-electron chi connectivity index (χ3n) is 6.67. The molecule has 5 rings (SSSR count). The number of aryl methyl sites for hydroxylation is 1. The Morgan fingerprint density at radius 2 is 1.95 bits per heavy atom. The number of amides is 1. The van der Waals surface area contributed by atoms with Crippen LogP contribution in [0.25, 0.3) is 0 Å². The van der Waals surface area contributed by atoms with Gasteiger partial charge in [-0.2, -0.15) is 19.5 Å². The van der Waals surface area contributed by atoms with Gasteiger partial charge >= 0.3 is 0 Å². The van der Waals surface area contributed by atoms with Crippen LogP contribution in [0.15, 0.2) is 24.3 Å². The van der Waals surface area contributed by atoms with E-state index in [-0.39, 0.29) is 16.8 Å². The summed E-state index contributed by atoms with van der Waals surface area (Å²) < 4.78 is 14.2. The van der Waals surface area contributed by atoms with Gasteiger partial charge in [-0.3, -0.25) is 9.89 Å². The lowest BCUT2D eigenvalue weighted by atomic mass is 10.2. The largest absolute Gasteiger partial charge is 0.354 e. The zero-order valence-electron chi connectivity index (χ0n) is 20.8. The number of nitrogens with one attached hydrogen (secondary N) is 3. The first kappa shape index (κ1) is 25.2. The lowest BCUT2D eigenvalue weighted by Gasteiger charge is -2.35. The fourth-order valence-corrected chi connectivity index (χ4v) is 4.76. The van der Waals surface area contributed by atoms with E-state index in [0.29, 0.717) is 37.1 Å². The van der Waals surface area contributed by atoms with Gasteiger partial charge in [0.05, 0.1) is 5.56 Å². The maximum Gasteiger partial charge on any atom is 0.258 e. The zero-order chi connectivity index (χ0) is 25.9. The Hall–Kier alpha value is -3.51. The first-order valence-electron chi connectivity index (χ1n) is 12.4. The molecule has 5 heterocycles. The average molecular weight is 529 g/mol. The summed E-state index contributed by atoms with van der Waals surface area (Å²) in [5, 5.41) is 13.8. The molecular formula is C24H30ClFN10O. The van der Waals surface area contributed by atoms with E-state index >= 15 is 0 Å². The highest BCUT2D eigenvalue weighted by Crippen LogP contribution is 2.24. The van der Waals surface area contributed by atoms with Crippen LogP contribution in [0, 0.1) is 12.9 Å². The highest BCUT2D eigenvalue weighted by atomic mass is 35.5. The van der Waals surface area contributed by atoms with Gasteiger partial charge in [-0.25, -0.2) is 4.98 Å². The van der Waals surface area contributed by atoms with Crippen molar-refractivity contribution in [3.8, 4) is 0 Å². The van der Waals surface area contributed by atoms with Gasteiger partial charge in [-0.15, -0.1) is 0 Å². The molecule has 1 atom stereocenters. The van der Waals surface area contributed by atoms with Crippen molar-refractivity contribution in [3.63, 3.8) is 0 Å².